The van der Waals surface area contributed by atoms with Gasteiger partial charge in [0.05, 0.1) is 19.8 Å². The molecule has 0 atom stereocenters. The topological polar surface area (TPSA) is 48.0 Å². The molecule has 0 fully saturated rings. The van der Waals surface area contributed by atoms with E-state index in [4.69, 9.17) is 14.2 Å². The Morgan fingerprint density at radius 2 is 1.61 bits per heavy atom. The second kappa shape index (κ2) is 9.00. The minimum absolute atomic E-state index is 0.0465. The molecule has 0 aliphatic carbocycles. The lowest BCUT2D eigenvalue weighted by molar-refractivity contribution is 0.0984. The van der Waals surface area contributed by atoms with Crippen LogP contribution < -0.4 is 19.1 Å². The first-order valence-corrected chi connectivity index (χ1v) is 10.1. The highest BCUT2D eigenvalue weighted by Crippen LogP contribution is 2.40. The van der Waals surface area contributed by atoms with E-state index in [9.17, 15) is 4.79 Å². The van der Waals surface area contributed by atoms with E-state index >= 15 is 0 Å². The van der Waals surface area contributed by atoms with Crippen molar-refractivity contribution in [1.29, 1.82) is 0 Å². The molecule has 0 radical (unpaired) electrons. The molecule has 0 aromatic heterocycles. The van der Waals surface area contributed by atoms with Gasteiger partial charge in [-0.3, -0.25) is 4.79 Å². The zero-order chi connectivity index (χ0) is 20.1. The maximum atomic E-state index is 13.4. The Labute approximate surface area is 167 Å². The summed E-state index contributed by atoms with van der Waals surface area (Å²) in [5, 5.41) is 0. The molecule has 0 unspecified atom stereocenters. The minimum atomic E-state index is -0.0465. The molecule has 5 nitrogen and oxygen atoms in total. The van der Waals surface area contributed by atoms with Gasteiger partial charge in [0.1, 0.15) is 0 Å². The molecule has 0 saturated carbocycles. The van der Waals surface area contributed by atoms with Crippen molar-refractivity contribution in [3.63, 3.8) is 0 Å². The molecule has 1 heterocycles. The van der Waals surface area contributed by atoms with Gasteiger partial charge in [-0.15, -0.1) is 0 Å². The standard InChI is InChI=1S/C23H29NO4/c1-5-26-20-14-18(15-21(27-6-2)22(20)28-7-3)23(25)24-12-8-9-17-13-16(4)10-11-19(17)24/h10-11,13-15H,5-9,12H2,1-4H3. The summed E-state index contributed by atoms with van der Waals surface area (Å²) >= 11 is 0. The lowest BCUT2D eigenvalue weighted by Crippen LogP contribution is -2.35. The molecule has 0 bridgehead atoms. The van der Waals surface area contributed by atoms with Crippen molar-refractivity contribution < 1.29 is 19.0 Å². The Morgan fingerprint density at radius 3 is 2.21 bits per heavy atom. The van der Waals surface area contributed by atoms with Crippen LogP contribution in [-0.2, 0) is 6.42 Å². The van der Waals surface area contributed by atoms with Gasteiger partial charge < -0.3 is 19.1 Å². The van der Waals surface area contributed by atoms with E-state index < -0.39 is 0 Å². The molecule has 1 aliphatic heterocycles. The van der Waals surface area contributed by atoms with Crippen LogP contribution in [0.25, 0.3) is 0 Å². The third-order valence-corrected chi connectivity index (χ3v) is 4.75. The number of carbonyl (C=O) groups is 1. The summed E-state index contributed by atoms with van der Waals surface area (Å²) in [6.45, 7) is 9.97. The summed E-state index contributed by atoms with van der Waals surface area (Å²) < 4.78 is 17.3. The van der Waals surface area contributed by atoms with Gasteiger partial charge in [0.15, 0.2) is 11.5 Å². The molecule has 2 aromatic rings. The van der Waals surface area contributed by atoms with E-state index in [1.54, 1.807) is 12.1 Å². The Balaban J connectivity index is 2.02. The average Bonchev–Trinajstić information content (AvgIpc) is 2.69. The highest BCUT2D eigenvalue weighted by molar-refractivity contribution is 6.07. The first-order chi connectivity index (χ1) is 13.6. The van der Waals surface area contributed by atoms with Gasteiger partial charge in [0.2, 0.25) is 5.75 Å². The summed E-state index contributed by atoms with van der Waals surface area (Å²) in [5.41, 5.74) is 3.97. The average molecular weight is 383 g/mol. The number of fused-ring (bicyclic) bond motifs is 1. The zero-order valence-corrected chi connectivity index (χ0v) is 17.2. The molecule has 5 heteroatoms. The fourth-order valence-corrected chi connectivity index (χ4v) is 3.60. The van der Waals surface area contributed by atoms with Gasteiger partial charge in [-0.2, -0.15) is 0 Å². The molecule has 3 rings (SSSR count). The van der Waals surface area contributed by atoms with Crippen molar-refractivity contribution in [2.45, 2.75) is 40.5 Å². The van der Waals surface area contributed by atoms with E-state index in [0.29, 0.717) is 49.2 Å². The van der Waals surface area contributed by atoms with Crippen molar-refractivity contribution in [2.24, 2.45) is 0 Å². The van der Waals surface area contributed by atoms with Crippen molar-refractivity contribution in [3.8, 4) is 17.2 Å². The summed E-state index contributed by atoms with van der Waals surface area (Å²) in [4.78, 5) is 15.3. The lowest BCUT2D eigenvalue weighted by atomic mass is 9.98. The van der Waals surface area contributed by atoms with Crippen LogP contribution in [-0.4, -0.2) is 32.3 Å². The molecule has 28 heavy (non-hydrogen) atoms. The number of anilines is 1. The quantitative estimate of drug-likeness (QED) is 0.690. The van der Waals surface area contributed by atoms with Crippen LogP contribution in [0.1, 0.15) is 48.7 Å². The van der Waals surface area contributed by atoms with Crippen LogP contribution in [0, 0.1) is 6.92 Å². The molecule has 2 aromatic carbocycles. The maximum absolute atomic E-state index is 13.4. The number of benzene rings is 2. The molecule has 1 amide bonds. The Morgan fingerprint density at radius 1 is 0.964 bits per heavy atom. The number of aryl methyl sites for hydroxylation is 2. The monoisotopic (exact) mass is 383 g/mol. The summed E-state index contributed by atoms with van der Waals surface area (Å²) in [5.74, 6) is 1.59. The van der Waals surface area contributed by atoms with Crippen molar-refractivity contribution >= 4 is 11.6 Å². The van der Waals surface area contributed by atoms with E-state index in [1.165, 1.54) is 11.1 Å². The lowest BCUT2D eigenvalue weighted by Gasteiger charge is -2.30. The van der Waals surface area contributed by atoms with Gasteiger partial charge >= 0.3 is 0 Å². The Hall–Kier alpha value is -2.69. The second-order valence-corrected chi connectivity index (χ2v) is 6.79. The molecular formula is C23H29NO4. The van der Waals surface area contributed by atoms with Gasteiger partial charge in [0.25, 0.3) is 5.91 Å². The number of ether oxygens (including phenoxy) is 3. The van der Waals surface area contributed by atoms with Gasteiger partial charge in [0, 0.05) is 17.8 Å². The highest BCUT2D eigenvalue weighted by Gasteiger charge is 2.26. The Bertz CT molecular complexity index is 819. The van der Waals surface area contributed by atoms with Crippen LogP contribution in [0.15, 0.2) is 30.3 Å². The summed E-state index contributed by atoms with van der Waals surface area (Å²) in [6, 6.07) is 9.80. The summed E-state index contributed by atoms with van der Waals surface area (Å²) in [7, 11) is 0. The molecule has 1 aliphatic rings. The minimum Gasteiger partial charge on any atom is -0.490 e. The Kier molecular flexibility index (Phi) is 6.45. The largest absolute Gasteiger partial charge is 0.490 e. The van der Waals surface area contributed by atoms with Crippen LogP contribution in [0.5, 0.6) is 17.2 Å². The first-order valence-electron chi connectivity index (χ1n) is 10.1. The highest BCUT2D eigenvalue weighted by atomic mass is 16.5. The van der Waals surface area contributed by atoms with E-state index in [0.717, 1.165) is 18.5 Å². The van der Waals surface area contributed by atoms with Crippen LogP contribution in [0.3, 0.4) is 0 Å². The number of rotatable bonds is 7. The van der Waals surface area contributed by atoms with Gasteiger partial charge in [-0.1, -0.05) is 17.7 Å². The van der Waals surface area contributed by atoms with E-state index in [1.807, 2.05) is 31.7 Å². The summed E-state index contributed by atoms with van der Waals surface area (Å²) in [6.07, 6.45) is 1.95. The smallest absolute Gasteiger partial charge is 0.258 e. The third kappa shape index (κ3) is 4.08. The number of carbonyl (C=O) groups excluding carboxylic acids is 1. The SMILES string of the molecule is CCOc1cc(C(=O)N2CCCc3cc(C)ccc32)cc(OCC)c1OCC. The van der Waals surface area contributed by atoms with Crippen LogP contribution in [0.4, 0.5) is 5.69 Å². The predicted molar refractivity (Wildman–Crippen MR) is 111 cm³/mol. The van der Waals surface area contributed by atoms with Crippen molar-refractivity contribution in [2.75, 3.05) is 31.3 Å². The van der Waals surface area contributed by atoms with Gasteiger partial charge in [-0.25, -0.2) is 0 Å². The van der Waals surface area contributed by atoms with E-state index in [2.05, 4.69) is 19.1 Å². The molecule has 0 N–H and O–H groups in total. The molecule has 0 spiro atoms. The van der Waals surface area contributed by atoms with E-state index in [-0.39, 0.29) is 5.91 Å². The van der Waals surface area contributed by atoms with Crippen LogP contribution in [0.2, 0.25) is 0 Å². The van der Waals surface area contributed by atoms with Crippen molar-refractivity contribution in [1.82, 2.24) is 0 Å². The number of amides is 1. The maximum Gasteiger partial charge on any atom is 0.258 e. The van der Waals surface area contributed by atoms with Crippen molar-refractivity contribution in [3.05, 3.63) is 47.0 Å². The molecular weight excluding hydrogens is 354 g/mol. The normalized spacial score (nSPS) is 13.1. The first kappa shape index (κ1) is 20.1. The van der Waals surface area contributed by atoms with Gasteiger partial charge in [-0.05, 0) is 64.3 Å². The second-order valence-electron chi connectivity index (χ2n) is 6.79. The predicted octanol–water partition coefficient (Wildman–Crippen LogP) is 4.78. The zero-order valence-electron chi connectivity index (χ0n) is 17.2. The number of hydrogen-bond donors (Lipinski definition) is 0. The fraction of sp³-hybridized carbons (Fsp3) is 0.435. The number of hydrogen-bond acceptors (Lipinski definition) is 4. The molecule has 150 valence electrons. The number of nitrogens with zero attached hydrogens (tertiary/aromatic N) is 1. The third-order valence-electron chi connectivity index (χ3n) is 4.75. The molecule has 0 saturated heterocycles. The van der Waals surface area contributed by atoms with Crippen LogP contribution >= 0.6 is 0 Å². The fourth-order valence-electron chi connectivity index (χ4n) is 3.60.